The second-order valence-corrected chi connectivity index (χ2v) is 7.95. The van der Waals surface area contributed by atoms with E-state index in [1.54, 1.807) is 6.20 Å². The summed E-state index contributed by atoms with van der Waals surface area (Å²) in [7, 11) is 0. The van der Waals surface area contributed by atoms with E-state index < -0.39 is 0 Å². The van der Waals surface area contributed by atoms with Crippen LogP contribution in [0.1, 0.15) is 27.9 Å². The molecule has 0 atom stereocenters. The lowest BCUT2D eigenvalue weighted by Crippen LogP contribution is -2.46. The number of imidazole rings is 1. The lowest BCUT2D eigenvalue weighted by molar-refractivity contribution is 0.102. The third kappa shape index (κ3) is 3.44. The van der Waals surface area contributed by atoms with Gasteiger partial charge in [-0.3, -0.25) is 9.20 Å². The van der Waals surface area contributed by atoms with Crippen molar-refractivity contribution in [2.24, 2.45) is 0 Å². The Morgan fingerprint density at radius 1 is 1.22 bits per heavy atom. The number of carbonyl (C=O) groups is 1. The molecule has 1 aromatic carbocycles. The first-order chi connectivity index (χ1) is 13.1. The summed E-state index contributed by atoms with van der Waals surface area (Å²) >= 11 is 1.42. The summed E-state index contributed by atoms with van der Waals surface area (Å²) in [6.45, 7) is 11.6. The van der Waals surface area contributed by atoms with Crippen LogP contribution in [0.3, 0.4) is 0 Å². The van der Waals surface area contributed by atoms with Crippen LogP contribution in [-0.4, -0.2) is 52.9 Å². The average Bonchev–Trinajstić information content (AvgIpc) is 3.26. The number of nitrogens with zero attached hydrogens (tertiary/aromatic N) is 4. The van der Waals surface area contributed by atoms with E-state index in [-0.39, 0.29) is 5.91 Å². The van der Waals surface area contributed by atoms with Crippen LogP contribution < -0.4 is 10.2 Å². The van der Waals surface area contributed by atoms with Crippen molar-refractivity contribution < 1.29 is 4.79 Å². The standard InChI is InChI=1S/C20H25N5OS/c1-4-23-9-11-24(12-10-23)16-5-6-17(14(2)13-16)22-19(26)18-15(3)25-8-7-21-20(25)27-18/h5-8,13H,4,9-12H2,1-3H3,(H,22,26). The van der Waals surface area contributed by atoms with Crippen molar-refractivity contribution >= 4 is 33.6 Å². The second kappa shape index (κ2) is 7.32. The predicted molar refractivity (Wildman–Crippen MR) is 111 cm³/mol. The molecule has 2 aromatic heterocycles. The van der Waals surface area contributed by atoms with Crippen LogP contribution in [-0.2, 0) is 0 Å². The number of likely N-dealkylation sites (N-methyl/N-ethyl adjacent to an activating group) is 1. The van der Waals surface area contributed by atoms with Crippen LogP contribution >= 0.6 is 11.3 Å². The molecule has 7 heteroatoms. The van der Waals surface area contributed by atoms with Crippen LogP contribution in [0.25, 0.3) is 4.96 Å². The molecule has 27 heavy (non-hydrogen) atoms. The van der Waals surface area contributed by atoms with Crippen LogP contribution in [0.15, 0.2) is 30.6 Å². The summed E-state index contributed by atoms with van der Waals surface area (Å²) < 4.78 is 1.95. The summed E-state index contributed by atoms with van der Waals surface area (Å²) in [5, 5.41) is 3.07. The fourth-order valence-electron chi connectivity index (χ4n) is 3.59. The Morgan fingerprint density at radius 2 is 2.00 bits per heavy atom. The number of amides is 1. The van der Waals surface area contributed by atoms with Gasteiger partial charge in [0.05, 0.1) is 0 Å². The van der Waals surface area contributed by atoms with Gasteiger partial charge < -0.3 is 15.1 Å². The Labute approximate surface area is 163 Å². The summed E-state index contributed by atoms with van der Waals surface area (Å²) in [6, 6.07) is 6.30. The van der Waals surface area contributed by atoms with Gasteiger partial charge in [-0.1, -0.05) is 18.3 Å². The fraction of sp³-hybridized carbons (Fsp3) is 0.400. The Balaban J connectivity index is 1.49. The van der Waals surface area contributed by atoms with Crippen molar-refractivity contribution in [1.82, 2.24) is 14.3 Å². The van der Waals surface area contributed by atoms with E-state index in [9.17, 15) is 4.79 Å². The third-order valence-electron chi connectivity index (χ3n) is 5.34. The number of thiazole rings is 1. The minimum Gasteiger partial charge on any atom is -0.369 e. The summed E-state index contributed by atoms with van der Waals surface area (Å²) in [5.41, 5.74) is 4.10. The van der Waals surface area contributed by atoms with Gasteiger partial charge in [0, 0.05) is 55.6 Å². The largest absolute Gasteiger partial charge is 0.369 e. The molecule has 6 nitrogen and oxygen atoms in total. The van der Waals surface area contributed by atoms with Crippen molar-refractivity contribution in [2.75, 3.05) is 42.9 Å². The molecule has 0 bridgehead atoms. The van der Waals surface area contributed by atoms with Gasteiger partial charge in [-0.2, -0.15) is 0 Å². The van der Waals surface area contributed by atoms with Crippen molar-refractivity contribution in [3.05, 3.63) is 46.7 Å². The highest BCUT2D eigenvalue weighted by molar-refractivity contribution is 7.19. The topological polar surface area (TPSA) is 52.9 Å². The predicted octanol–water partition coefficient (Wildman–Crippen LogP) is 3.41. The number of hydrogen-bond acceptors (Lipinski definition) is 5. The Bertz CT molecular complexity index is 968. The molecule has 4 rings (SSSR count). The molecular weight excluding hydrogens is 358 g/mol. The van der Waals surface area contributed by atoms with Gasteiger partial charge in [-0.05, 0) is 44.2 Å². The number of fused-ring (bicyclic) bond motifs is 1. The number of carbonyl (C=O) groups excluding carboxylic acids is 1. The molecule has 0 unspecified atom stereocenters. The number of aryl methyl sites for hydroxylation is 2. The Kier molecular flexibility index (Phi) is 4.88. The zero-order chi connectivity index (χ0) is 19.0. The molecule has 0 saturated carbocycles. The normalized spacial score (nSPS) is 15.4. The van der Waals surface area contributed by atoms with Crippen molar-refractivity contribution in [1.29, 1.82) is 0 Å². The number of anilines is 2. The molecule has 1 N–H and O–H groups in total. The molecule has 3 aromatic rings. The fourth-order valence-corrected chi connectivity index (χ4v) is 4.57. The summed E-state index contributed by atoms with van der Waals surface area (Å²) in [4.78, 5) is 23.5. The van der Waals surface area contributed by atoms with Gasteiger partial charge in [0.2, 0.25) is 0 Å². The molecule has 3 heterocycles. The van der Waals surface area contributed by atoms with Gasteiger partial charge in [0.15, 0.2) is 4.96 Å². The molecule has 1 saturated heterocycles. The van der Waals surface area contributed by atoms with Gasteiger partial charge in [0.25, 0.3) is 5.91 Å². The maximum Gasteiger partial charge on any atom is 0.267 e. The number of benzene rings is 1. The molecule has 0 spiro atoms. The lowest BCUT2D eigenvalue weighted by atomic mass is 10.1. The van der Waals surface area contributed by atoms with Gasteiger partial charge in [0.1, 0.15) is 4.88 Å². The Hall–Kier alpha value is -2.38. The number of aromatic nitrogens is 2. The van der Waals surface area contributed by atoms with Crippen LogP contribution in [0.5, 0.6) is 0 Å². The minimum atomic E-state index is -0.0737. The van der Waals surface area contributed by atoms with E-state index in [0.29, 0.717) is 4.88 Å². The quantitative estimate of drug-likeness (QED) is 0.750. The minimum absolute atomic E-state index is 0.0737. The summed E-state index contributed by atoms with van der Waals surface area (Å²) in [5.74, 6) is -0.0737. The third-order valence-corrected chi connectivity index (χ3v) is 6.51. The lowest BCUT2D eigenvalue weighted by Gasteiger charge is -2.35. The van der Waals surface area contributed by atoms with E-state index in [4.69, 9.17) is 0 Å². The molecule has 1 amide bonds. The highest BCUT2D eigenvalue weighted by Gasteiger charge is 2.19. The van der Waals surface area contributed by atoms with Crippen molar-refractivity contribution in [3.63, 3.8) is 0 Å². The zero-order valence-corrected chi connectivity index (χ0v) is 16.8. The smallest absolute Gasteiger partial charge is 0.267 e. The zero-order valence-electron chi connectivity index (χ0n) is 16.0. The summed E-state index contributed by atoms with van der Waals surface area (Å²) in [6.07, 6.45) is 3.64. The highest BCUT2D eigenvalue weighted by Crippen LogP contribution is 2.26. The second-order valence-electron chi connectivity index (χ2n) is 6.97. The van der Waals surface area contributed by atoms with Crippen LogP contribution in [0, 0.1) is 13.8 Å². The molecule has 1 aliphatic rings. The SMILES string of the molecule is CCN1CCN(c2ccc(NC(=O)c3sc4nccn4c3C)c(C)c2)CC1. The van der Waals surface area contributed by atoms with Crippen LogP contribution in [0.4, 0.5) is 11.4 Å². The van der Waals surface area contributed by atoms with Crippen molar-refractivity contribution in [3.8, 4) is 0 Å². The number of rotatable bonds is 4. The molecule has 1 aliphatic heterocycles. The van der Waals surface area contributed by atoms with Gasteiger partial charge in [-0.15, -0.1) is 0 Å². The Morgan fingerprint density at radius 3 is 2.67 bits per heavy atom. The monoisotopic (exact) mass is 383 g/mol. The van der Waals surface area contributed by atoms with Gasteiger partial charge >= 0.3 is 0 Å². The maximum atomic E-state index is 12.8. The van der Waals surface area contributed by atoms with E-state index in [1.807, 2.05) is 23.6 Å². The average molecular weight is 384 g/mol. The van der Waals surface area contributed by atoms with Crippen LogP contribution in [0.2, 0.25) is 0 Å². The first kappa shape index (κ1) is 18.0. The van der Waals surface area contributed by atoms with E-state index >= 15 is 0 Å². The maximum absolute atomic E-state index is 12.8. The van der Waals surface area contributed by atoms with Crippen molar-refractivity contribution in [2.45, 2.75) is 20.8 Å². The van der Waals surface area contributed by atoms with E-state index in [0.717, 1.165) is 54.6 Å². The first-order valence-corrected chi connectivity index (χ1v) is 10.2. The van der Waals surface area contributed by atoms with Gasteiger partial charge in [-0.25, -0.2) is 4.98 Å². The molecule has 142 valence electrons. The first-order valence-electron chi connectivity index (χ1n) is 9.38. The number of piperazine rings is 1. The molecule has 1 fully saturated rings. The molecular formula is C20H25N5OS. The highest BCUT2D eigenvalue weighted by atomic mass is 32.1. The molecule has 0 radical (unpaired) electrons. The van der Waals surface area contributed by atoms with E-state index in [2.05, 4.69) is 46.1 Å². The van der Waals surface area contributed by atoms with E-state index in [1.165, 1.54) is 17.0 Å². The number of nitrogens with one attached hydrogen (secondary N) is 1. The number of hydrogen-bond donors (Lipinski definition) is 1. The molecule has 0 aliphatic carbocycles.